The van der Waals surface area contributed by atoms with Crippen molar-refractivity contribution in [2.24, 2.45) is 5.92 Å². The number of amides is 1. The molecule has 1 N–H and O–H groups in total. The fourth-order valence-electron chi connectivity index (χ4n) is 2.51. The molecule has 1 saturated heterocycles. The molecule has 0 bridgehead atoms. The topological polar surface area (TPSA) is 62.4 Å². The van der Waals surface area contributed by atoms with E-state index >= 15 is 0 Å². The van der Waals surface area contributed by atoms with Crippen LogP contribution in [0.15, 0.2) is 16.9 Å². The molecule has 110 valence electrons. The van der Waals surface area contributed by atoms with E-state index in [-0.39, 0.29) is 11.3 Å². The third kappa shape index (κ3) is 3.70. The van der Waals surface area contributed by atoms with Gasteiger partial charge in [0.2, 0.25) is 0 Å². The lowest BCUT2D eigenvalue weighted by molar-refractivity contribution is 0.0749. The van der Waals surface area contributed by atoms with E-state index in [1.807, 2.05) is 0 Å². The number of hydrogen-bond donors (Lipinski definition) is 1. The molecule has 1 aliphatic heterocycles. The fraction of sp³-hybridized carbons (Fsp3) is 0.600. The van der Waals surface area contributed by atoms with Gasteiger partial charge >= 0.3 is 0 Å². The van der Waals surface area contributed by atoms with E-state index in [1.54, 1.807) is 11.8 Å². The number of nitrogens with zero attached hydrogens (tertiary/aromatic N) is 1. The summed E-state index contributed by atoms with van der Waals surface area (Å²) in [5.74, 6) is 0.311. The number of rotatable bonds is 5. The van der Waals surface area contributed by atoms with Gasteiger partial charge in [-0.1, -0.05) is 6.92 Å². The number of hydrogen-bond acceptors (Lipinski definition) is 3. The first-order valence-electron chi connectivity index (χ1n) is 7.18. The number of ether oxygens (including phenoxy) is 1. The highest BCUT2D eigenvalue weighted by Gasteiger charge is 2.27. The fourth-order valence-corrected chi connectivity index (χ4v) is 2.51. The van der Waals surface area contributed by atoms with Crippen LogP contribution in [0.25, 0.3) is 0 Å². The van der Waals surface area contributed by atoms with Crippen LogP contribution < -0.4 is 5.43 Å². The van der Waals surface area contributed by atoms with Crippen molar-refractivity contribution in [2.45, 2.75) is 26.7 Å². The van der Waals surface area contributed by atoms with Gasteiger partial charge in [0, 0.05) is 43.4 Å². The summed E-state index contributed by atoms with van der Waals surface area (Å²) in [7, 11) is 0. The van der Waals surface area contributed by atoms with Gasteiger partial charge in [-0.3, -0.25) is 9.59 Å². The van der Waals surface area contributed by atoms with E-state index in [4.69, 9.17) is 4.74 Å². The largest absolute Gasteiger partial charge is 0.381 e. The van der Waals surface area contributed by atoms with Crippen LogP contribution in [-0.4, -0.2) is 42.1 Å². The van der Waals surface area contributed by atoms with Crippen molar-refractivity contribution in [3.63, 3.8) is 0 Å². The Hall–Kier alpha value is -1.62. The van der Waals surface area contributed by atoms with E-state index in [1.165, 1.54) is 12.1 Å². The molecule has 1 fully saturated rings. The number of likely N-dealkylation sites (tertiary alicyclic amines) is 1. The van der Waals surface area contributed by atoms with Crippen molar-refractivity contribution >= 4 is 5.91 Å². The van der Waals surface area contributed by atoms with Crippen molar-refractivity contribution in [2.75, 3.05) is 26.3 Å². The number of aromatic nitrogens is 1. The highest BCUT2D eigenvalue weighted by atomic mass is 16.5. The number of H-pyrrole nitrogens is 1. The van der Waals surface area contributed by atoms with Gasteiger partial charge in [0.1, 0.15) is 5.69 Å². The Morgan fingerprint density at radius 2 is 2.30 bits per heavy atom. The van der Waals surface area contributed by atoms with Crippen LogP contribution in [0.2, 0.25) is 0 Å². The second kappa shape index (κ2) is 6.70. The lowest BCUT2D eigenvalue weighted by Gasteiger charge is -2.16. The molecule has 1 aromatic rings. The summed E-state index contributed by atoms with van der Waals surface area (Å²) in [4.78, 5) is 28.6. The Morgan fingerprint density at radius 3 is 3.00 bits per heavy atom. The van der Waals surface area contributed by atoms with E-state index < -0.39 is 0 Å². The second-order valence-electron chi connectivity index (χ2n) is 5.39. The Bertz CT molecular complexity index is 524. The van der Waals surface area contributed by atoms with Gasteiger partial charge in [-0.2, -0.15) is 0 Å². The summed E-state index contributed by atoms with van der Waals surface area (Å²) >= 11 is 0. The van der Waals surface area contributed by atoms with E-state index in [2.05, 4.69) is 11.9 Å². The molecule has 20 heavy (non-hydrogen) atoms. The Balaban J connectivity index is 1.95. The molecule has 5 heteroatoms. The first kappa shape index (κ1) is 14.8. The van der Waals surface area contributed by atoms with Crippen molar-refractivity contribution in [1.82, 2.24) is 9.88 Å². The first-order chi connectivity index (χ1) is 9.60. The van der Waals surface area contributed by atoms with Crippen LogP contribution in [0.5, 0.6) is 0 Å². The number of carbonyl (C=O) groups excluding carboxylic acids is 1. The summed E-state index contributed by atoms with van der Waals surface area (Å²) in [6, 6.07) is 2.86. The van der Waals surface area contributed by atoms with Gasteiger partial charge in [-0.15, -0.1) is 0 Å². The molecule has 0 aromatic carbocycles. The average Bonchev–Trinajstić information content (AvgIpc) is 2.86. The van der Waals surface area contributed by atoms with Gasteiger partial charge in [-0.25, -0.2) is 0 Å². The van der Waals surface area contributed by atoms with Crippen molar-refractivity contribution in [3.05, 3.63) is 33.7 Å². The van der Waals surface area contributed by atoms with Crippen molar-refractivity contribution in [1.29, 1.82) is 0 Å². The molecule has 5 nitrogen and oxygen atoms in total. The maximum atomic E-state index is 12.3. The normalized spacial score (nSPS) is 18.5. The van der Waals surface area contributed by atoms with E-state index in [0.717, 1.165) is 26.0 Å². The van der Waals surface area contributed by atoms with Crippen LogP contribution in [0.1, 0.15) is 35.9 Å². The van der Waals surface area contributed by atoms with Gasteiger partial charge < -0.3 is 14.6 Å². The van der Waals surface area contributed by atoms with E-state index in [9.17, 15) is 9.59 Å². The Morgan fingerprint density at radius 1 is 1.50 bits per heavy atom. The zero-order valence-electron chi connectivity index (χ0n) is 12.1. The van der Waals surface area contributed by atoms with Crippen molar-refractivity contribution in [3.8, 4) is 0 Å². The smallest absolute Gasteiger partial charge is 0.270 e. The van der Waals surface area contributed by atoms with Gasteiger partial charge in [0.15, 0.2) is 5.43 Å². The van der Waals surface area contributed by atoms with Crippen LogP contribution in [0.3, 0.4) is 0 Å². The third-order valence-electron chi connectivity index (χ3n) is 3.48. The number of carbonyl (C=O) groups is 1. The molecular weight excluding hydrogens is 256 g/mol. The molecule has 2 heterocycles. The molecule has 1 unspecified atom stereocenters. The average molecular weight is 278 g/mol. The van der Waals surface area contributed by atoms with Crippen LogP contribution >= 0.6 is 0 Å². The first-order valence-corrected chi connectivity index (χ1v) is 7.18. The molecule has 1 amide bonds. The minimum Gasteiger partial charge on any atom is -0.381 e. The van der Waals surface area contributed by atoms with Crippen LogP contribution in [0.4, 0.5) is 0 Å². The minimum absolute atomic E-state index is 0.0937. The number of nitrogens with one attached hydrogen (secondary N) is 1. The van der Waals surface area contributed by atoms with Gasteiger partial charge in [0.05, 0.1) is 6.61 Å². The molecule has 0 saturated carbocycles. The zero-order valence-corrected chi connectivity index (χ0v) is 12.1. The molecule has 2 rings (SSSR count). The predicted octanol–water partition coefficient (Wildman–Crippen LogP) is 1.57. The monoisotopic (exact) mass is 278 g/mol. The highest BCUT2D eigenvalue weighted by Crippen LogP contribution is 2.18. The molecule has 1 aliphatic rings. The Labute approximate surface area is 118 Å². The number of aromatic amines is 1. The lowest BCUT2D eigenvalue weighted by Crippen LogP contribution is -2.31. The van der Waals surface area contributed by atoms with Crippen molar-refractivity contribution < 1.29 is 9.53 Å². The SMILES string of the molecule is CCCOCC1CCN(C(=O)c2cc(=O)cc(C)[nH]2)C1. The summed E-state index contributed by atoms with van der Waals surface area (Å²) in [6.07, 6.45) is 1.98. The number of aryl methyl sites for hydroxylation is 1. The second-order valence-corrected chi connectivity index (χ2v) is 5.39. The third-order valence-corrected chi connectivity index (χ3v) is 3.48. The van der Waals surface area contributed by atoms with Crippen LogP contribution in [-0.2, 0) is 4.74 Å². The maximum Gasteiger partial charge on any atom is 0.270 e. The van der Waals surface area contributed by atoms with Gasteiger partial charge in [-0.05, 0) is 19.8 Å². The summed E-state index contributed by atoms with van der Waals surface area (Å²) in [5, 5.41) is 0. The quantitative estimate of drug-likeness (QED) is 0.832. The summed E-state index contributed by atoms with van der Waals surface area (Å²) in [6.45, 7) is 6.78. The summed E-state index contributed by atoms with van der Waals surface area (Å²) in [5.41, 5.74) is 0.958. The molecule has 1 atom stereocenters. The highest BCUT2D eigenvalue weighted by molar-refractivity contribution is 5.92. The molecule has 0 radical (unpaired) electrons. The summed E-state index contributed by atoms with van der Waals surface area (Å²) < 4.78 is 5.54. The molecular formula is C15H22N2O3. The molecule has 1 aromatic heterocycles. The van der Waals surface area contributed by atoms with E-state index in [0.29, 0.717) is 30.5 Å². The van der Waals surface area contributed by atoms with Crippen LogP contribution in [0, 0.1) is 12.8 Å². The maximum absolute atomic E-state index is 12.3. The zero-order chi connectivity index (χ0) is 14.5. The standard InChI is InChI=1S/C15H22N2O3/c1-3-6-20-10-12-4-5-17(9-12)15(19)14-8-13(18)7-11(2)16-14/h7-8,12H,3-6,9-10H2,1-2H3,(H,16,18). The number of pyridine rings is 1. The van der Waals surface area contributed by atoms with Gasteiger partial charge in [0.25, 0.3) is 5.91 Å². The lowest BCUT2D eigenvalue weighted by atomic mass is 10.1. The Kier molecular flexibility index (Phi) is 4.95. The predicted molar refractivity (Wildman–Crippen MR) is 76.9 cm³/mol. The molecule has 0 aliphatic carbocycles. The molecule has 0 spiro atoms. The minimum atomic E-state index is -0.133.